The Bertz CT molecular complexity index is 609. The van der Waals surface area contributed by atoms with Gasteiger partial charge in [0.15, 0.2) is 0 Å². The number of thioether (sulfide) groups is 1. The number of carbonyl (C=O) groups excluding carboxylic acids is 2. The first-order valence-corrected chi connectivity index (χ1v) is 11.4. The molecule has 0 spiro atoms. The van der Waals surface area contributed by atoms with Gasteiger partial charge in [-0.3, -0.25) is 9.59 Å². The molecule has 27 heavy (non-hydrogen) atoms. The summed E-state index contributed by atoms with van der Waals surface area (Å²) in [7, 11) is 0. The van der Waals surface area contributed by atoms with Crippen molar-refractivity contribution in [3.8, 4) is 0 Å². The normalized spacial score (nSPS) is 15.2. The minimum absolute atomic E-state index is 0.0703. The molecule has 5 nitrogen and oxygen atoms in total. The molecule has 1 aromatic rings. The fourth-order valence-corrected chi connectivity index (χ4v) is 4.26. The summed E-state index contributed by atoms with van der Waals surface area (Å²) in [6.45, 7) is 6.49. The number of hydrogen-bond donors (Lipinski definition) is 1. The number of likely N-dealkylation sites (tertiary alicyclic amines) is 1. The minimum atomic E-state index is 0.0703. The maximum absolute atomic E-state index is 12.8. The van der Waals surface area contributed by atoms with E-state index in [0.717, 1.165) is 63.2 Å². The number of amides is 2. The third-order valence-electron chi connectivity index (χ3n) is 5.31. The summed E-state index contributed by atoms with van der Waals surface area (Å²) in [5.74, 6) is 0.881. The van der Waals surface area contributed by atoms with Crippen LogP contribution in [0.25, 0.3) is 0 Å². The number of piperidine rings is 1. The highest BCUT2D eigenvalue weighted by Gasteiger charge is 2.26. The molecule has 2 heterocycles. The highest BCUT2D eigenvalue weighted by atomic mass is 32.2. The van der Waals surface area contributed by atoms with Crippen molar-refractivity contribution < 1.29 is 9.59 Å². The quantitative estimate of drug-likeness (QED) is 0.647. The lowest BCUT2D eigenvalue weighted by atomic mass is 9.94. The molecule has 150 valence electrons. The van der Waals surface area contributed by atoms with Gasteiger partial charge in [0, 0.05) is 31.7 Å². The zero-order valence-corrected chi connectivity index (χ0v) is 17.7. The second-order valence-corrected chi connectivity index (χ2v) is 8.11. The Morgan fingerprint density at radius 1 is 1.26 bits per heavy atom. The lowest BCUT2D eigenvalue weighted by molar-refractivity contribution is -0.125. The molecule has 1 aliphatic heterocycles. The van der Waals surface area contributed by atoms with Gasteiger partial charge in [-0.05, 0) is 50.0 Å². The van der Waals surface area contributed by atoms with Gasteiger partial charge in [-0.1, -0.05) is 26.7 Å². The van der Waals surface area contributed by atoms with Gasteiger partial charge in [0.05, 0.1) is 5.56 Å². The third kappa shape index (κ3) is 6.23. The Morgan fingerprint density at radius 2 is 1.93 bits per heavy atom. The predicted octanol–water partition coefficient (Wildman–Crippen LogP) is 3.99. The molecular formula is C21H33N3O2S. The number of aromatic nitrogens is 1. The van der Waals surface area contributed by atoms with Gasteiger partial charge in [-0.25, -0.2) is 4.98 Å². The lowest BCUT2D eigenvalue weighted by Gasteiger charge is -2.32. The Morgan fingerprint density at radius 3 is 2.52 bits per heavy atom. The molecule has 0 aromatic carbocycles. The maximum Gasteiger partial charge on any atom is 0.256 e. The molecule has 6 heteroatoms. The van der Waals surface area contributed by atoms with Crippen LogP contribution in [0, 0.1) is 11.8 Å². The van der Waals surface area contributed by atoms with Gasteiger partial charge in [-0.15, -0.1) is 11.8 Å². The molecule has 1 saturated heterocycles. The summed E-state index contributed by atoms with van der Waals surface area (Å²) in [6.07, 6.45) is 9.57. The van der Waals surface area contributed by atoms with Crippen molar-refractivity contribution in [3.05, 3.63) is 23.9 Å². The summed E-state index contributed by atoms with van der Waals surface area (Å²) < 4.78 is 0. The average Bonchev–Trinajstić information content (AvgIpc) is 2.71. The van der Waals surface area contributed by atoms with Crippen LogP contribution >= 0.6 is 11.8 Å². The smallest absolute Gasteiger partial charge is 0.256 e. The Kier molecular flexibility index (Phi) is 9.11. The van der Waals surface area contributed by atoms with Crippen LogP contribution < -0.4 is 5.32 Å². The summed E-state index contributed by atoms with van der Waals surface area (Å²) in [5.41, 5.74) is 0.693. The second kappa shape index (κ2) is 11.3. The Hall–Kier alpha value is -1.56. The van der Waals surface area contributed by atoms with Crippen molar-refractivity contribution in [2.45, 2.75) is 57.4 Å². The molecule has 2 amide bonds. The molecule has 1 aromatic heterocycles. The first kappa shape index (κ1) is 21.7. The topological polar surface area (TPSA) is 62.3 Å². The first-order chi connectivity index (χ1) is 13.1. The van der Waals surface area contributed by atoms with Crippen LogP contribution in [0.5, 0.6) is 0 Å². The molecule has 0 unspecified atom stereocenters. The molecule has 2 rings (SSSR count). The van der Waals surface area contributed by atoms with E-state index in [-0.39, 0.29) is 17.7 Å². The second-order valence-electron chi connectivity index (χ2n) is 7.32. The van der Waals surface area contributed by atoms with Gasteiger partial charge in [0.2, 0.25) is 5.91 Å². The van der Waals surface area contributed by atoms with Crippen LogP contribution in [0.1, 0.15) is 62.7 Å². The number of carbonyl (C=O) groups is 2. The molecular weight excluding hydrogens is 358 g/mol. The zero-order chi connectivity index (χ0) is 19.6. The lowest BCUT2D eigenvalue weighted by Crippen LogP contribution is -2.42. The number of nitrogens with one attached hydrogen (secondary N) is 1. The summed E-state index contributed by atoms with van der Waals surface area (Å²) in [4.78, 5) is 31.4. The van der Waals surface area contributed by atoms with Gasteiger partial charge in [0.25, 0.3) is 5.91 Å². The first-order valence-electron chi connectivity index (χ1n) is 10.2. The molecule has 0 atom stereocenters. The largest absolute Gasteiger partial charge is 0.356 e. The molecule has 1 fully saturated rings. The number of nitrogens with zero attached hydrogens (tertiary/aromatic N) is 2. The van der Waals surface area contributed by atoms with Crippen LogP contribution in [-0.4, -0.2) is 47.6 Å². The van der Waals surface area contributed by atoms with Crippen LogP contribution in [0.15, 0.2) is 23.4 Å². The van der Waals surface area contributed by atoms with Crippen LogP contribution in [0.4, 0.5) is 0 Å². The van der Waals surface area contributed by atoms with E-state index in [1.54, 1.807) is 6.20 Å². The van der Waals surface area contributed by atoms with E-state index in [0.29, 0.717) is 11.5 Å². The van der Waals surface area contributed by atoms with Gasteiger partial charge < -0.3 is 10.2 Å². The SMILES string of the molecule is CCCC(CCC)C(=O)NCC1CCN(C(=O)c2cccnc2SC)CC1. The predicted molar refractivity (Wildman–Crippen MR) is 111 cm³/mol. The fourth-order valence-electron chi connectivity index (χ4n) is 3.72. The van der Waals surface area contributed by atoms with Crippen molar-refractivity contribution in [1.29, 1.82) is 0 Å². The number of hydrogen-bond acceptors (Lipinski definition) is 4. The van der Waals surface area contributed by atoms with Crippen molar-refractivity contribution in [3.63, 3.8) is 0 Å². The highest BCUT2D eigenvalue weighted by molar-refractivity contribution is 7.98. The van der Waals surface area contributed by atoms with E-state index < -0.39 is 0 Å². The average molecular weight is 392 g/mol. The van der Waals surface area contributed by atoms with Crippen LogP contribution in [-0.2, 0) is 4.79 Å². The van der Waals surface area contributed by atoms with E-state index in [4.69, 9.17) is 0 Å². The summed E-state index contributed by atoms with van der Waals surface area (Å²) >= 11 is 1.50. The molecule has 1 N–H and O–H groups in total. The van der Waals surface area contributed by atoms with Crippen molar-refractivity contribution in [1.82, 2.24) is 15.2 Å². The Balaban J connectivity index is 1.81. The standard InChI is InChI=1S/C21H33N3O2S/c1-4-7-17(8-5-2)19(25)23-15-16-10-13-24(14-11-16)21(26)18-9-6-12-22-20(18)27-3/h6,9,12,16-17H,4-5,7-8,10-11,13-15H2,1-3H3,(H,23,25). The van der Waals surface area contributed by atoms with Crippen molar-refractivity contribution in [2.75, 3.05) is 25.9 Å². The fraction of sp³-hybridized carbons (Fsp3) is 0.667. The molecule has 0 bridgehead atoms. The maximum atomic E-state index is 12.8. The molecule has 0 radical (unpaired) electrons. The van der Waals surface area contributed by atoms with E-state index in [1.165, 1.54) is 11.8 Å². The van der Waals surface area contributed by atoms with Crippen molar-refractivity contribution in [2.24, 2.45) is 11.8 Å². The van der Waals surface area contributed by atoms with Gasteiger partial charge in [0.1, 0.15) is 5.03 Å². The number of rotatable bonds is 9. The summed E-state index contributed by atoms with van der Waals surface area (Å²) in [5, 5.41) is 3.95. The van der Waals surface area contributed by atoms with Crippen LogP contribution in [0.3, 0.4) is 0 Å². The Labute approximate surface area is 167 Å². The van der Waals surface area contributed by atoms with E-state index in [1.807, 2.05) is 23.3 Å². The summed E-state index contributed by atoms with van der Waals surface area (Å²) in [6, 6.07) is 3.67. The monoisotopic (exact) mass is 391 g/mol. The zero-order valence-electron chi connectivity index (χ0n) is 16.9. The van der Waals surface area contributed by atoms with E-state index in [9.17, 15) is 9.59 Å². The molecule has 1 aliphatic rings. The molecule has 0 aliphatic carbocycles. The number of pyridine rings is 1. The molecule has 0 saturated carbocycles. The van der Waals surface area contributed by atoms with Crippen LogP contribution in [0.2, 0.25) is 0 Å². The van der Waals surface area contributed by atoms with Gasteiger partial charge >= 0.3 is 0 Å². The highest BCUT2D eigenvalue weighted by Crippen LogP contribution is 2.23. The third-order valence-corrected chi connectivity index (χ3v) is 6.02. The minimum Gasteiger partial charge on any atom is -0.356 e. The van der Waals surface area contributed by atoms with Crippen molar-refractivity contribution >= 4 is 23.6 Å². The van der Waals surface area contributed by atoms with Gasteiger partial charge in [-0.2, -0.15) is 0 Å². The van der Waals surface area contributed by atoms with E-state index >= 15 is 0 Å². The van der Waals surface area contributed by atoms with E-state index in [2.05, 4.69) is 24.1 Å².